The van der Waals surface area contributed by atoms with Gasteiger partial charge in [0.05, 0.1) is 11.4 Å². The number of aryl methyl sites for hydroxylation is 1. The van der Waals surface area contributed by atoms with E-state index in [-0.39, 0.29) is 6.10 Å². The molecule has 7 heteroatoms. The third-order valence-electron chi connectivity index (χ3n) is 5.96. The Morgan fingerprint density at radius 2 is 2.04 bits per heavy atom. The van der Waals surface area contributed by atoms with E-state index >= 15 is 0 Å². The van der Waals surface area contributed by atoms with E-state index in [0.717, 1.165) is 90.5 Å². The summed E-state index contributed by atoms with van der Waals surface area (Å²) in [5.41, 5.74) is 7.54. The zero-order valence-corrected chi connectivity index (χ0v) is 16.1. The smallest absolute Gasteiger partial charge is 0.182 e. The molecule has 142 valence electrons. The van der Waals surface area contributed by atoms with Crippen molar-refractivity contribution in [1.29, 1.82) is 0 Å². The van der Waals surface area contributed by atoms with E-state index in [1.807, 2.05) is 12.1 Å². The van der Waals surface area contributed by atoms with Crippen LogP contribution in [0.25, 0.3) is 11.3 Å². The largest absolute Gasteiger partial charge is 0.481 e. The highest BCUT2D eigenvalue weighted by molar-refractivity contribution is 6.31. The molecule has 0 bridgehead atoms. The van der Waals surface area contributed by atoms with E-state index < -0.39 is 0 Å². The molecule has 6 rings (SSSR count). The molecule has 6 nitrogen and oxygen atoms in total. The Kier molecular flexibility index (Phi) is 3.71. The van der Waals surface area contributed by atoms with Crippen LogP contribution in [0.15, 0.2) is 23.0 Å². The first-order valence-electron chi connectivity index (χ1n) is 9.78. The fourth-order valence-corrected chi connectivity index (χ4v) is 4.89. The molecule has 2 aromatic heterocycles. The number of fused-ring (bicyclic) bond motifs is 3. The maximum atomic E-state index is 6.47. The Morgan fingerprint density at radius 1 is 1.07 bits per heavy atom. The summed E-state index contributed by atoms with van der Waals surface area (Å²) in [7, 11) is 0. The molecule has 0 unspecified atom stereocenters. The molecule has 0 spiro atoms. The third kappa shape index (κ3) is 2.48. The van der Waals surface area contributed by atoms with Gasteiger partial charge >= 0.3 is 0 Å². The van der Waals surface area contributed by atoms with Crippen molar-refractivity contribution in [2.24, 2.45) is 0 Å². The monoisotopic (exact) mass is 394 g/mol. The first-order chi connectivity index (χ1) is 13.8. The van der Waals surface area contributed by atoms with Crippen LogP contribution in [0.5, 0.6) is 5.75 Å². The van der Waals surface area contributed by atoms with Crippen molar-refractivity contribution in [3.8, 4) is 17.0 Å². The Labute approximate surface area is 167 Å². The summed E-state index contributed by atoms with van der Waals surface area (Å²) >= 11 is 6.47. The molecular weight excluding hydrogens is 376 g/mol. The lowest BCUT2D eigenvalue weighted by Gasteiger charge is -2.15. The maximum Gasteiger partial charge on any atom is 0.182 e. The molecule has 0 radical (unpaired) electrons. The molecule has 0 amide bonds. The van der Waals surface area contributed by atoms with E-state index in [0.29, 0.717) is 5.02 Å². The van der Waals surface area contributed by atoms with Gasteiger partial charge in [-0.15, -0.1) is 0 Å². The fourth-order valence-electron chi connectivity index (χ4n) is 4.65. The molecule has 1 aromatic carbocycles. The van der Waals surface area contributed by atoms with Crippen LogP contribution in [-0.4, -0.2) is 21.7 Å². The number of hydrogen-bond donors (Lipinski definition) is 1. The van der Waals surface area contributed by atoms with Gasteiger partial charge in [-0.3, -0.25) is 0 Å². The van der Waals surface area contributed by atoms with Crippen molar-refractivity contribution in [3.05, 3.63) is 57.3 Å². The van der Waals surface area contributed by atoms with Crippen molar-refractivity contribution in [1.82, 2.24) is 20.4 Å². The molecule has 1 aliphatic carbocycles. The summed E-state index contributed by atoms with van der Waals surface area (Å²) < 4.78 is 12.1. The minimum atomic E-state index is -0.182. The van der Waals surface area contributed by atoms with Gasteiger partial charge in [-0.05, 0) is 31.4 Å². The predicted molar refractivity (Wildman–Crippen MR) is 103 cm³/mol. The first-order valence-corrected chi connectivity index (χ1v) is 10.2. The quantitative estimate of drug-likeness (QED) is 0.716. The van der Waals surface area contributed by atoms with Crippen LogP contribution in [0.3, 0.4) is 0 Å². The van der Waals surface area contributed by atoms with Gasteiger partial charge in [0, 0.05) is 58.9 Å². The van der Waals surface area contributed by atoms with Crippen molar-refractivity contribution in [2.75, 3.05) is 6.54 Å². The molecule has 1 N–H and O–H groups in total. The number of rotatable bonds is 2. The average Bonchev–Trinajstić information content (AvgIpc) is 3.43. The lowest BCUT2D eigenvalue weighted by molar-refractivity contribution is 0.189. The van der Waals surface area contributed by atoms with Crippen LogP contribution in [0.2, 0.25) is 5.02 Å². The number of nitrogens with zero attached hydrogens (tertiary/aromatic N) is 3. The van der Waals surface area contributed by atoms with Gasteiger partial charge in [-0.25, -0.2) is 9.97 Å². The normalized spacial score (nSPS) is 19.8. The molecule has 3 aliphatic rings. The number of halogens is 1. The minimum Gasteiger partial charge on any atom is -0.481 e. The standard InChI is InChI=1S/C21H19ClN4O2/c22-12-6-11-7-18(21-15-9-23-5-4-17(15)26-28-21)27-20(11)14(8-12)19-13-2-1-3-16(13)24-10-25-19/h6,8,10,18,23H,1-5,7,9H2/t18-/m1/s1. The summed E-state index contributed by atoms with van der Waals surface area (Å²) in [6.45, 7) is 1.71. The van der Waals surface area contributed by atoms with Gasteiger partial charge in [-0.1, -0.05) is 16.8 Å². The topological polar surface area (TPSA) is 73.1 Å². The van der Waals surface area contributed by atoms with Gasteiger partial charge in [-0.2, -0.15) is 0 Å². The van der Waals surface area contributed by atoms with Crippen LogP contribution in [-0.2, 0) is 32.2 Å². The van der Waals surface area contributed by atoms with Crippen LogP contribution >= 0.6 is 11.6 Å². The minimum absolute atomic E-state index is 0.182. The predicted octanol–water partition coefficient (Wildman–Crippen LogP) is 3.60. The SMILES string of the molecule is Clc1cc2c(c(-c3ncnc4c3CCC4)c1)O[C@@H](c1onc3c1CNCC3)C2. The molecule has 4 heterocycles. The van der Waals surface area contributed by atoms with Crippen LogP contribution in [0.1, 0.15) is 46.4 Å². The summed E-state index contributed by atoms with van der Waals surface area (Å²) in [4.78, 5) is 9.05. The molecular formula is C21H19ClN4O2. The lowest BCUT2D eigenvalue weighted by atomic mass is 9.99. The summed E-state index contributed by atoms with van der Waals surface area (Å²) in [5.74, 6) is 1.68. The number of aromatic nitrogens is 3. The summed E-state index contributed by atoms with van der Waals surface area (Å²) in [6, 6.07) is 3.95. The van der Waals surface area contributed by atoms with Crippen molar-refractivity contribution < 1.29 is 9.26 Å². The van der Waals surface area contributed by atoms with Gasteiger partial charge in [0.1, 0.15) is 12.1 Å². The second kappa shape index (κ2) is 6.29. The summed E-state index contributed by atoms with van der Waals surface area (Å²) in [6.07, 6.45) is 6.20. The van der Waals surface area contributed by atoms with Crippen molar-refractivity contribution >= 4 is 11.6 Å². The number of ether oxygens (including phenoxy) is 1. The molecule has 0 saturated carbocycles. The van der Waals surface area contributed by atoms with Gasteiger partial charge in [0.25, 0.3) is 0 Å². The van der Waals surface area contributed by atoms with Gasteiger partial charge < -0.3 is 14.6 Å². The fraction of sp³-hybridized carbons (Fsp3) is 0.381. The molecule has 3 aromatic rings. The van der Waals surface area contributed by atoms with Crippen LogP contribution < -0.4 is 10.1 Å². The second-order valence-corrected chi connectivity index (χ2v) is 8.09. The highest BCUT2D eigenvalue weighted by Crippen LogP contribution is 2.46. The van der Waals surface area contributed by atoms with Crippen molar-refractivity contribution in [3.63, 3.8) is 0 Å². The van der Waals surface area contributed by atoms with Crippen LogP contribution in [0, 0.1) is 0 Å². The Balaban J connectivity index is 1.43. The van der Waals surface area contributed by atoms with E-state index in [1.165, 1.54) is 5.56 Å². The summed E-state index contributed by atoms with van der Waals surface area (Å²) in [5, 5.41) is 8.36. The molecule has 28 heavy (non-hydrogen) atoms. The average molecular weight is 395 g/mol. The van der Waals surface area contributed by atoms with E-state index in [1.54, 1.807) is 6.33 Å². The second-order valence-electron chi connectivity index (χ2n) is 7.65. The van der Waals surface area contributed by atoms with E-state index in [9.17, 15) is 0 Å². The van der Waals surface area contributed by atoms with E-state index in [4.69, 9.17) is 20.9 Å². The Hall–Kier alpha value is -2.44. The van der Waals surface area contributed by atoms with Gasteiger partial charge in [0.2, 0.25) is 0 Å². The maximum absolute atomic E-state index is 6.47. The number of nitrogens with one attached hydrogen (secondary N) is 1. The Bertz CT molecular complexity index is 1090. The zero-order chi connectivity index (χ0) is 18.7. The lowest BCUT2D eigenvalue weighted by Crippen LogP contribution is -2.24. The first kappa shape index (κ1) is 16.5. The highest BCUT2D eigenvalue weighted by atomic mass is 35.5. The van der Waals surface area contributed by atoms with Crippen LogP contribution in [0.4, 0.5) is 0 Å². The highest BCUT2D eigenvalue weighted by Gasteiger charge is 2.35. The third-order valence-corrected chi connectivity index (χ3v) is 6.18. The van der Waals surface area contributed by atoms with Crippen molar-refractivity contribution in [2.45, 2.75) is 44.8 Å². The number of benzene rings is 1. The number of hydrogen-bond acceptors (Lipinski definition) is 6. The molecule has 0 saturated heterocycles. The van der Waals surface area contributed by atoms with Gasteiger partial charge in [0.15, 0.2) is 11.9 Å². The molecule has 1 atom stereocenters. The molecule has 0 fully saturated rings. The van der Waals surface area contributed by atoms with E-state index in [2.05, 4.69) is 20.4 Å². The Morgan fingerprint density at radius 3 is 3.00 bits per heavy atom. The molecule has 2 aliphatic heterocycles. The zero-order valence-electron chi connectivity index (χ0n) is 15.3.